The highest BCUT2D eigenvalue weighted by Gasteiger charge is 2.11. The number of benzene rings is 1. The van der Waals surface area contributed by atoms with E-state index in [0.717, 1.165) is 17.8 Å². The van der Waals surface area contributed by atoms with Gasteiger partial charge in [0.1, 0.15) is 5.69 Å². The average Bonchev–Trinajstić information content (AvgIpc) is 2.46. The standard InChI is InChI=1S/C17H22N4O/c1-5-13-6-8-14(9-7-13)20-17-19-12(4)10-15(21-17)16(22)18-11(2)3/h6-11H,5H2,1-4H3,(H,18,22)(H,19,20,21). The Labute approximate surface area is 131 Å². The van der Waals surface area contributed by atoms with Crippen LogP contribution < -0.4 is 10.6 Å². The smallest absolute Gasteiger partial charge is 0.270 e. The van der Waals surface area contributed by atoms with E-state index in [9.17, 15) is 4.79 Å². The van der Waals surface area contributed by atoms with Crippen LogP contribution in [-0.2, 0) is 6.42 Å². The molecule has 0 fully saturated rings. The molecule has 0 radical (unpaired) electrons. The van der Waals surface area contributed by atoms with Crippen LogP contribution in [0.5, 0.6) is 0 Å². The molecule has 0 atom stereocenters. The lowest BCUT2D eigenvalue weighted by molar-refractivity contribution is 0.0938. The van der Waals surface area contributed by atoms with E-state index < -0.39 is 0 Å². The normalized spacial score (nSPS) is 10.6. The molecule has 116 valence electrons. The second kappa shape index (κ2) is 7.02. The lowest BCUT2D eigenvalue weighted by Crippen LogP contribution is -2.31. The van der Waals surface area contributed by atoms with Crippen molar-refractivity contribution in [3.63, 3.8) is 0 Å². The molecular formula is C17H22N4O. The summed E-state index contributed by atoms with van der Waals surface area (Å²) in [6, 6.07) is 9.84. The summed E-state index contributed by atoms with van der Waals surface area (Å²) >= 11 is 0. The zero-order valence-corrected chi connectivity index (χ0v) is 13.5. The Hall–Kier alpha value is -2.43. The predicted octanol–water partition coefficient (Wildman–Crippen LogP) is 3.23. The maximum Gasteiger partial charge on any atom is 0.270 e. The van der Waals surface area contributed by atoms with Crippen LogP contribution >= 0.6 is 0 Å². The summed E-state index contributed by atoms with van der Waals surface area (Å²) in [6.45, 7) is 7.80. The first-order valence-electron chi connectivity index (χ1n) is 7.50. The van der Waals surface area contributed by atoms with E-state index in [1.54, 1.807) is 6.07 Å². The number of hydrogen-bond donors (Lipinski definition) is 2. The van der Waals surface area contributed by atoms with E-state index in [4.69, 9.17) is 0 Å². The Balaban J connectivity index is 2.20. The van der Waals surface area contributed by atoms with E-state index in [1.807, 2.05) is 32.9 Å². The van der Waals surface area contributed by atoms with Crippen molar-refractivity contribution >= 4 is 17.5 Å². The fourth-order valence-corrected chi connectivity index (χ4v) is 2.03. The van der Waals surface area contributed by atoms with Crippen LogP contribution in [0.1, 0.15) is 42.5 Å². The Bertz CT molecular complexity index is 650. The van der Waals surface area contributed by atoms with Crippen molar-refractivity contribution in [1.82, 2.24) is 15.3 Å². The van der Waals surface area contributed by atoms with E-state index >= 15 is 0 Å². The first-order valence-corrected chi connectivity index (χ1v) is 7.50. The zero-order chi connectivity index (χ0) is 16.1. The largest absolute Gasteiger partial charge is 0.349 e. The molecule has 1 aromatic heterocycles. The Morgan fingerprint density at radius 1 is 1.18 bits per heavy atom. The average molecular weight is 298 g/mol. The minimum Gasteiger partial charge on any atom is -0.349 e. The molecule has 0 aliphatic heterocycles. The summed E-state index contributed by atoms with van der Waals surface area (Å²) in [5.41, 5.74) is 3.29. The van der Waals surface area contributed by atoms with Gasteiger partial charge < -0.3 is 10.6 Å². The van der Waals surface area contributed by atoms with Gasteiger partial charge in [-0.1, -0.05) is 19.1 Å². The second-order valence-corrected chi connectivity index (χ2v) is 5.52. The third-order valence-electron chi connectivity index (χ3n) is 3.12. The van der Waals surface area contributed by atoms with Crippen molar-refractivity contribution in [1.29, 1.82) is 0 Å². The van der Waals surface area contributed by atoms with Crippen LogP contribution in [0.3, 0.4) is 0 Å². The van der Waals surface area contributed by atoms with Gasteiger partial charge in [0.2, 0.25) is 5.95 Å². The topological polar surface area (TPSA) is 66.9 Å². The molecule has 0 spiro atoms. The molecule has 5 nitrogen and oxygen atoms in total. The molecule has 0 aliphatic carbocycles. The first kappa shape index (κ1) is 15.9. The van der Waals surface area contributed by atoms with E-state index in [2.05, 4.69) is 39.7 Å². The highest BCUT2D eigenvalue weighted by atomic mass is 16.1. The molecule has 1 amide bonds. The summed E-state index contributed by atoms with van der Waals surface area (Å²) in [5, 5.41) is 5.98. The summed E-state index contributed by atoms with van der Waals surface area (Å²) in [5.74, 6) is 0.239. The minimum absolute atomic E-state index is 0.0702. The van der Waals surface area contributed by atoms with Crippen molar-refractivity contribution in [2.24, 2.45) is 0 Å². The Morgan fingerprint density at radius 3 is 2.45 bits per heavy atom. The van der Waals surface area contributed by atoms with Crippen molar-refractivity contribution in [3.8, 4) is 0 Å². The molecule has 0 bridgehead atoms. The van der Waals surface area contributed by atoms with Gasteiger partial charge in [0, 0.05) is 17.4 Å². The molecule has 0 saturated heterocycles. The monoisotopic (exact) mass is 298 g/mol. The Morgan fingerprint density at radius 2 is 1.86 bits per heavy atom. The van der Waals surface area contributed by atoms with Gasteiger partial charge in [0.05, 0.1) is 0 Å². The van der Waals surface area contributed by atoms with Crippen LogP contribution in [0.4, 0.5) is 11.6 Å². The maximum absolute atomic E-state index is 12.1. The Kier molecular flexibility index (Phi) is 5.09. The molecular weight excluding hydrogens is 276 g/mol. The summed E-state index contributed by atoms with van der Waals surface area (Å²) in [6.07, 6.45) is 1.00. The lowest BCUT2D eigenvalue weighted by atomic mass is 10.1. The maximum atomic E-state index is 12.1. The summed E-state index contributed by atoms with van der Waals surface area (Å²) < 4.78 is 0. The molecule has 2 rings (SSSR count). The number of aryl methyl sites for hydroxylation is 2. The zero-order valence-electron chi connectivity index (χ0n) is 13.5. The van der Waals surface area contributed by atoms with Gasteiger partial charge in [-0.2, -0.15) is 0 Å². The van der Waals surface area contributed by atoms with Crippen molar-refractivity contribution in [2.75, 3.05) is 5.32 Å². The minimum atomic E-state index is -0.190. The first-order chi connectivity index (χ1) is 10.5. The van der Waals surface area contributed by atoms with Gasteiger partial charge in [-0.15, -0.1) is 0 Å². The molecule has 0 saturated carbocycles. The van der Waals surface area contributed by atoms with Gasteiger partial charge >= 0.3 is 0 Å². The SMILES string of the molecule is CCc1ccc(Nc2nc(C)cc(C(=O)NC(C)C)n2)cc1. The predicted molar refractivity (Wildman–Crippen MR) is 88.5 cm³/mol. The number of anilines is 2. The number of amides is 1. The van der Waals surface area contributed by atoms with Gasteiger partial charge in [0.25, 0.3) is 5.91 Å². The van der Waals surface area contributed by atoms with Crippen LogP contribution in [0, 0.1) is 6.92 Å². The number of rotatable bonds is 5. The van der Waals surface area contributed by atoms with Crippen molar-refractivity contribution < 1.29 is 4.79 Å². The molecule has 5 heteroatoms. The number of aromatic nitrogens is 2. The summed E-state index contributed by atoms with van der Waals surface area (Å²) in [4.78, 5) is 20.7. The van der Waals surface area contributed by atoms with E-state index in [1.165, 1.54) is 5.56 Å². The van der Waals surface area contributed by atoms with E-state index in [0.29, 0.717) is 11.6 Å². The molecule has 0 aliphatic rings. The lowest BCUT2D eigenvalue weighted by Gasteiger charge is -2.10. The van der Waals surface area contributed by atoms with Gasteiger partial charge in [-0.3, -0.25) is 4.79 Å². The van der Waals surface area contributed by atoms with Gasteiger partial charge in [-0.25, -0.2) is 9.97 Å². The summed E-state index contributed by atoms with van der Waals surface area (Å²) in [7, 11) is 0. The quantitative estimate of drug-likeness (QED) is 0.889. The fourth-order valence-electron chi connectivity index (χ4n) is 2.03. The van der Waals surface area contributed by atoms with E-state index in [-0.39, 0.29) is 11.9 Å². The molecule has 2 aromatic rings. The highest BCUT2D eigenvalue weighted by molar-refractivity contribution is 5.92. The third kappa shape index (κ3) is 4.28. The van der Waals surface area contributed by atoms with Crippen molar-refractivity contribution in [2.45, 2.75) is 40.2 Å². The van der Waals surface area contributed by atoms with Crippen LogP contribution in [0.25, 0.3) is 0 Å². The van der Waals surface area contributed by atoms with Gasteiger partial charge in [-0.05, 0) is 51.0 Å². The second-order valence-electron chi connectivity index (χ2n) is 5.52. The molecule has 1 heterocycles. The molecule has 2 N–H and O–H groups in total. The molecule has 22 heavy (non-hydrogen) atoms. The molecule has 0 unspecified atom stereocenters. The van der Waals surface area contributed by atoms with Crippen LogP contribution in [0.15, 0.2) is 30.3 Å². The highest BCUT2D eigenvalue weighted by Crippen LogP contribution is 2.15. The molecule has 1 aromatic carbocycles. The van der Waals surface area contributed by atoms with Crippen molar-refractivity contribution in [3.05, 3.63) is 47.3 Å². The number of nitrogens with zero attached hydrogens (tertiary/aromatic N) is 2. The number of nitrogens with one attached hydrogen (secondary N) is 2. The van der Waals surface area contributed by atoms with Crippen LogP contribution in [0.2, 0.25) is 0 Å². The number of hydrogen-bond acceptors (Lipinski definition) is 4. The van der Waals surface area contributed by atoms with Gasteiger partial charge in [0.15, 0.2) is 0 Å². The number of carbonyl (C=O) groups excluding carboxylic acids is 1. The van der Waals surface area contributed by atoms with Crippen LogP contribution in [-0.4, -0.2) is 21.9 Å². The fraction of sp³-hybridized carbons (Fsp3) is 0.353. The number of carbonyl (C=O) groups is 1. The third-order valence-corrected chi connectivity index (χ3v) is 3.12.